The Bertz CT molecular complexity index is 813. The molecule has 8 heteroatoms. The van der Waals surface area contributed by atoms with E-state index in [-0.39, 0.29) is 18.2 Å². The van der Waals surface area contributed by atoms with E-state index in [1.54, 1.807) is 24.3 Å². The lowest BCUT2D eigenvalue weighted by atomic mass is 10.2. The molecular formula is C17H15ClN4O2S. The second-order valence-electron chi connectivity index (χ2n) is 5.22. The number of hydrogen-bond donors (Lipinski definition) is 3. The van der Waals surface area contributed by atoms with Crippen LogP contribution in [0.5, 0.6) is 0 Å². The van der Waals surface area contributed by atoms with Crippen LogP contribution in [0.4, 0.5) is 11.4 Å². The molecule has 25 heavy (non-hydrogen) atoms. The van der Waals surface area contributed by atoms with E-state index in [9.17, 15) is 9.59 Å². The number of carbonyl (C=O) groups excluding carboxylic acids is 2. The molecule has 2 aromatic carbocycles. The van der Waals surface area contributed by atoms with Crippen LogP contribution in [0.3, 0.4) is 0 Å². The van der Waals surface area contributed by atoms with E-state index in [4.69, 9.17) is 11.6 Å². The standard InChI is InChI=1S/C17H15ClN4O2S/c18-12-8-4-5-9-13(12)19-15(23)10-14-16(24)20-17(25-14)22-21-11-6-2-1-3-7-11/h1-9,14,21H,10H2,(H,19,23)(H,20,22,24). The van der Waals surface area contributed by atoms with E-state index in [2.05, 4.69) is 21.2 Å². The Hall–Kier alpha value is -2.51. The van der Waals surface area contributed by atoms with E-state index in [0.717, 1.165) is 5.69 Å². The molecule has 0 aliphatic carbocycles. The predicted octanol–water partition coefficient (Wildman–Crippen LogP) is 3.28. The van der Waals surface area contributed by atoms with E-state index < -0.39 is 5.25 Å². The summed E-state index contributed by atoms with van der Waals surface area (Å²) < 4.78 is 0. The highest BCUT2D eigenvalue weighted by molar-refractivity contribution is 8.15. The smallest absolute Gasteiger partial charge is 0.240 e. The number of nitrogens with zero attached hydrogens (tertiary/aromatic N) is 1. The molecule has 0 spiro atoms. The minimum Gasteiger partial charge on any atom is -0.325 e. The number of rotatable bonds is 5. The van der Waals surface area contributed by atoms with Crippen molar-refractivity contribution >= 4 is 51.7 Å². The molecule has 1 unspecified atom stereocenters. The molecule has 128 valence electrons. The number of amidine groups is 1. The predicted molar refractivity (Wildman–Crippen MR) is 102 cm³/mol. The summed E-state index contributed by atoms with van der Waals surface area (Å²) in [5.41, 5.74) is 4.20. The molecule has 3 N–H and O–H groups in total. The normalized spacial score (nSPS) is 18.0. The van der Waals surface area contributed by atoms with Gasteiger partial charge >= 0.3 is 0 Å². The summed E-state index contributed by atoms with van der Waals surface area (Å²) in [5, 5.41) is 9.87. The first-order valence-corrected chi connectivity index (χ1v) is 8.78. The highest BCUT2D eigenvalue weighted by Gasteiger charge is 2.32. The highest BCUT2D eigenvalue weighted by atomic mass is 35.5. The zero-order chi connectivity index (χ0) is 17.6. The molecule has 1 saturated heterocycles. The Morgan fingerprint density at radius 1 is 1.16 bits per heavy atom. The van der Waals surface area contributed by atoms with Crippen LogP contribution < -0.4 is 16.1 Å². The first-order valence-electron chi connectivity index (χ1n) is 7.52. The van der Waals surface area contributed by atoms with E-state index in [1.165, 1.54) is 11.8 Å². The van der Waals surface area contributed by atoms with Gasteiger partial charge in [0.1, 0.15) is 5.25 Å². The number of nitrogens with one attached hydrogen (secondary N) is 3. The second kappa shape index (κ2) is 8.04. The summed E-state index contributed by atoms with van der Waals surface area (Å²) in [5.74, 6) is -0.522. The van der Waals surface area contributed by atoms with E-state index >= 15 is 0 Å². The summed E-state index contributed by atoms with van der Waals surface area (Å²) in [7, 11) is 0. The first kappa shape index (κ1) is 17.3. The van der Waals surface area contributed by atoms with Gasteiger partial charge in [0.2, 0.25) is 11.8 Å². The molecule has 0 aromatic heterocycles. The monoisotopic (exact) mass is 374 g/mol. The van der Waals surface area contributed by atoms with Crippen LogP contribution in [0.25, 0.3) is 0 Å². The summed E-state index contributed by atoms with van der Waals surface area (Å²) >= 11 is 7.22. The zero-order valence-electron chi connectivity index (χ0n) is 13.0. The van der Waals surface area contributed by atoms with Gasteiger partial charge in [-0.05, 0) is 24.3 Å². The van der Waals surface area contributed by atoms with Gasteiger partial charge in [0.05, 0.1) is 16.4 Å². The molecule has 2 aromatic rings. The number of carbonyl (C=O) groups is 2. The van der Waals surface area contributed by atoms with Crippen LogP contribution in [0.2, 0.25) is 5.02 Å². The van der Waals surface area contributed by atoms with Gasteiger partial charge in [-0.1, -0.05) is 53.7 Å². The maximum Gasteiger partial charge on any atom is 0.240 e. The minimum atomic E-state index is -0.529. The van der Waals surface area contributed by atoms with Gasteiger partial charge in [0.15, 0.2) is 5.17 Å². The average Bonchev–Trinajstić information content (AvgIpc) is 2.96. The van der Waals surface area contributed by atoms with Gasteiger partial charge in [-0.15, -0.1) is 5.10 Å². The van der Waals surface area contributed by atoms with Crippen LogP contribution in [0.15, 0.2) is 59.7 Å². The number of anilines is 2. The summed E-state index contributed by atoms with van der Waals surface area (Å²) in [6.45, 7) is 0. The topological polar surface area (TPSA) is 82.6 Å². The fraction of sp³-hybridized carbons (Fsp3) is 0.118. The Labute approximate surface area is 154 Å². The summed E-state index contributed by atoms with van der Waals surface area (Å²) in [4.78, 5) is 24.1. The van der Waals surface area contributed by atoms with Gasteiger partial charge in [-0.25, -0.2) is 0 Å². The number of benzene rings is 2. The van der Waals surface area contributed by atoms with E-state index in [0.29, 0.717) is 15.9 Å². The molecule has 1 aliphatic heterocycles. The van der Waals surface area contributed by atoms with Crippen molar-refractivity contribution in [2.24, 2.45) is 5.10 Å². The molecule has 1 aliphatic rings. The molecule has 6 nitrogen and oxygen atoms in total. The van der Waals surface area contributed by atoms with E-state index in [1.807, 2.05) is 30.3 Å². The van der Waals surface area contributed by atoms with Crippen LogP contribution in [0, 0.1) is 0 Å². The van der Waals surface area contributed by atoms with Gasteiger partial charge < -0.3 is 10.6 Å². The van der Waals surface area contributed by atoms with Gasteiger partial charge in [-0.2, -0.15) is 0 Å². The van der Waals surface area contributed by atoms with Crippen molar-refractivity contribution in [2.45, 2.75) is 11.7 Å². The molecular weight excluding hydrogens is 360 g/mol. The lowest BCUT2D eigenvalue weighted by Gasteiger charge is -2.08. The Balaban J connectivity index is 1.56. The van der Waals surface area contributed by atoms with Gasteiger partial charge in [-0.3, -0.25) is 15.0 Å². The maximum atomic E-state index is 12.1. The minimum absolute atomic E-state index is 0.0338. The molecule has 2 amide bonds. The van der Waals surface area contributed by atoms with Gasteiger partial charge in [0.25, 0.3) is 0 Å². The lowest BCUT2D eigenvalue weighted by molar-refractivity contribution is -0.122. The third-order valence-electron chi connectivity index (χ3n) is 3.36. The van der Waals surface area contributed by atoms with Crippen molar-refractivity contribution in [3.05, 3.63) is 59.6 Å². The fourth-order valence-electron chi connectivity index (χ4n) is 2.15. The number of hydrazone groups is 1. The van der Waals surface area contributed by atoms with Crippen molar-refractivity contribution in [3.63, 3.8) is 0 Å². The molecule has 1 fully saturated rings. The molecule has 0 bridgehead atoms. The molecule has 0 radical (unpaired) electrons. The van der Waals surface area contributed by atoms with Crippen molar-refractivity contribution in [1.29, 1.82) is 0 Å². The summed E-state index contributed by atoms with van der Waals surface area (Å²) in [6.07, 6.45) is 0.0338. The Kier molecular flexibility index (Phi) is 5.57. The number of amides is 2. The number of halogens is 1. The summed E-state index contributed by atoms with van der Waals surface area (Å²) in [6, 6.07) is 16.3. The van der Waals surface area contributed by atoms with Crippen LogP contribution >= 0.6 is 23.4 Å². The SMILES string of the molecule is O=C(CC1S/C(=N\Nc2ccccc2)NC1=O)Nc1ccccc1Cl. The third kappa shape index (κ3) is 4.74. The Morgan fingerprint density at radius 3 is 2.64 bits per heavy atom. The number of hydrogen-bond acceptors (Lipinski definition) is 5. The van der Waals surface area contributed by atoms with Crippen LogP contribution in [-0.2, 0) is 9.59 Å². The Morgan fingerprint density at radius 2 is 1.88 bits per heavy atom. The van der Waals surface area contributed by atoms with Crippen molar-refractivity contribution in [2.75, 3.05) is 10.7 Å². The number of thioether (sulfide) groups is 1. The van der Waals surface area contributed by atoms with Crippen LogP contribution in [-0.4, -0.2) is 22.2 Å². The van der Waals surface area contributed by atoms with Crippen LogP contribution in [0.1, 0.15) is 6.42 Å². The number of para-hydroxylation sites is 2. The largest absolute Gasteiger partial charge is 0.325 e. The highest BCUT2D eigenvalue weighted by Crippen LogP contribution is 2.25. The molecule has 0 saturated carbocycles. The van der Waals surface area contributed by atoms with Crippen molar-refractivity contribution < 1.29 is 9.59 Å². The fourth-order valence-corrected chi connectivity index (χ4v) is 3.26. The van der Waals surface area contributed by atoms with Crippen molar-refractivity contribution in [1.82, 2.24) is 5.32 Å². The molecule has 3 rings (SSSR count). The second-order valence-corrected chi connectivity index (χ2v) is 6.82. The lowest BCUT2D eigenvalue weighted by Crippen LogP contribution is -2.28. The quantitative estimate of drug-likeness (QED) is 0.701. The molecule has 1 atom stereocenters. The third-order valence-corrected chi connectivity index (χ3v) is 4.77. The van der Waals surface area contributed by atoms with Gasteiger partial charge in [0, 0.05) is 6.42 Å². The molecule has 1 heterocycles. The zero-order valence-corrected chi connectivity index (χ0v) is 14.6. The first-order chi connectivity index (χ1) is 12.1. The maximum absolute atomic E-state index is 12.1. The van der Waals surface area contributed by atoms with Crippen molar-refractivity contribution in [3.8, 4) is 0 Å². The average molecular weight is 375 g/mol.